The molecule has 0 aliphatic carbocycles. The fourth-order valence-electron chi connectivity index (χ4n) is 1.84. The number of carbonyl (C=O) groups excluding carboxylic acids is 1. The maximum Gasteiger partial charge on any atom is 0.166 e. The van der Waals surface area contributed by atoms with E-state index < -0.39 is 0 Å². The summed E-state index contributed by atoms with van der Waals surface area (Å²) in [5, 5.41) is 0. The van der Waals surface area contributed by atoms with Gasteiger partial charge in [-0.1, -0.05) is 13.8 Å². The van der Waals surface area contributed by atoms with Gasteiger partial charge in [-0.2, -0.15) is 0 Å². The molecular formula is C14H20O3. The van der Waals surface area contributed by atoms with Crippen LogP contribution in [-0.2, 0) is 0 Å². The van der Waals surface area contributed by atoms with Crippen LogP contribution in [0.1, 0.15) is 37.0 Å². The van der Waals surface area contributed by atoms with Gasteiger partial charge in [-0.15, -0.1) is 0 Å². The van der Waals surface area contributed by atoms with Crippen molar-refractivity contribution in [1.82, 2.24) is 0 Å². The minimum atomic E-state index is 0.0758. The van der Waals surface area contributed by atoms with Gasteiger partial charge in [0.05, 0.1) is 14.2 Å². The number of benzene rings is 1. The number of ketones is 1. The van der Waals surface area contributed by atoms with Gasteiger partial charge in [-0.25, -0.2) is 0 Å². The molecule has 0 aliphatic heterocycles. The maximum absolute atomic E-state index is 12.2. The van der Waals surface area contributed by atoms with Gasteiger partial charge >= 0.3 is 0 Å². The Bertz CT molecular complexity index is 359. The Balaban J connectivity index is 3.07. The fraction of sp³-hybridized carbons (Fsp3) is 0.500. The van der Waals surface area contributed by atoms with Gasteiger partial charge in [0.15, 0.2) is 5.78 Å². The Hall–Kier alpha value is -1.51. The highest BCUT2D eigenvalue weighted by Gasteiger charge is 2.17. The number of hydrogen-bond acceptors (Lipinski definition) is 3. The molecule has 0 spiro atoms. The van der Waals surface area contributed by atoms with Crippen LogP contribution < -0.4 is 9.47 Å². The zero-order valence-electron chi connectivity index (χ0n) is 10.9. The predicted octanol–water partition coefficient (Wildman–Crippen LogP) is 3.32. The summed E-state index contributed by atoms with van der Waals surface area (Å²) >= 11 is 0. The number of methoxy groups -OCH3 is 2. The number of rotatable bonds is 6. The van der Waals surface area contributed by atoms with Crippen molar-refractivity contribution >= 4 is 5.78 Å². The van der Waals surface area contributed by atoms with Crippen LogP contribution in [-0.4, -0.2) is 20.0 Å². The molecule has 0 aromatic heterocycles. The van der Waals surface area contributed by atoms with E-state index in [1.165, 1.54) is 0 Å². The van der Waals surface area contributed by atoms with E-state index in [1.54, 1.807) is 32.4 Å². The van der Waals surface area contributed by atoms with Crippen molar-refractivity contribution in [3.8, 4) is 11.5 Å². The summed E-state index contributed by atoms with van der Waals surface area (Å²) in [5.74, 6) is 1.54. The Morgan fingerprint density at radius 3 is 1.88 bits per heavy atom. The van der Waals surface area contributed by atoms with E-state index in [0.717, 1.165) is 12.8 Å². The molecule has 0 unspecified atom stereocenters. The SMILES string of the molecule is CCC(CC)C(=O)c1cc(OC)cc(OC)c1. The molecule has 0 heterocycles. The lowest BCUT2D eigenvalue weighted by Gasteiger charge is -2.13. The van der Waals surface area contributed by atoms with Crippen LogP contribution in [0, 0.1) is 5.92 Å². The highest BCUT2D eigenvalue weighted by atomic mass is 16.5. The monoisotopic (exact) mass is 236 g/mol. The lowest BCUT2D eigenvalue weighted by atomic mass is 9.93. The van der Waals surface area contributed by atoms with Crippen LogP contribution in [0.15, 0.2) is 18.2 Å². The fourth-order valence-corrected chi connectivity index (χ4v) is 1.84. The molecular weight excluding hydrogens is 216 g/mol. The highest BCUT2D eigenvalue weighted by Crippen LogP contribution is 2.25. The van der Waals surface area contributed by atoms with Crippen molar-refractivity contribution in [2.24, 2.45) is 5.92 Å². The molecule has 0 saturated heterocycles. The Morgan fingerprint density at radius 1 is 1.06 bits per heavy atom. The molecule has 3 heteroatoms. The summed E-state index contributed by atoms with van der Waals surface area (Å²) in [6.07, 6.45) is 1.71. The van der Waals surface area contributed by atoms with Gasteiger partial charge in [0.2, 0.25) is 0 Å². The van der Waals surface area contributed by atoms with Gasteiger partial charge < -0.3 is 9.47 Å². The van der Waals surface area contributed by atoms with E-state index in [2.05, 4.69) is 0 Å². The maximum atomic E-state index is 12.2. The summed E-state index contributed by atoms with van der Waals surface area (Å²) in [6.45, 7) is 4.06. The van der Waals surface area contributed by atoms with Crippen molar-refractivity contribution < 1.29 is 14.3 Å². The molecule has 0 fully saturated rings. The first-order valence-corrected chi connectivity index (χ1v) is 5.93. The summed E-state index contributed by atoms with van der Waals surface area (Å²) < 4.78 is 10.3. The second-order valence-corrected chi connectivity index (χ2v) is 3.98. The molecule has 0 radical (unpaired) electrons. The zero-order valence-corrected chi connectivity index (χ0v) is 10.9. The average molecular weight is 236 g/mol. The molecule has 17 heavy (non-hydrogen) atoms. The van der Waals surface area contributed by atoms with Crippen LogP contribution in [0.25, 0.3) is 0 Å². The predicted molar refractivity (Wildman–Crippen MR) is 67.9 cm³/mol. The minimum Gasteiger partial charge on any atom is -0.497 e. The van der Waals surface area contributed by atoms with E-state index in [9.17, 15) is 4.79 Å². The quantitative estimate of drug-likeness (QED) is 0.711. The molecule has 0 aliphatic rings. The van der Waals surface area contributed by atoms with Crippen LogP contribution in [0.3, 0.4) is 0 Å². The molecule has 0 saturated carbocycles. The van der Waals surface area contributed by atoms with Gasteiger partial charge in [-0.05, 0) is 25.0 Å². The summed E-state index contributed by atoms with van der Waals surface area (Å²) in [4.78, 5) is 12.2. The first kappa shape index (κ1) is 13.6. The second-order valence-electron chi connectivity index (χ2n) is 3.98. The van der Waals surface area contributed by atoms with E-state index in [4.69, 9.17) is 9.47 Å². The van der Waals surface area contributed by atoms with E-state index in [-0.39, 0.29) is 11.7 Å². The van der Waals surface area contributed by atoms with Crippen molar-refractivity contribution in [2.45, 2.75) is 26.7 Å². The molecule has 1 rings (SSSR count). The normalized spacial score (nSPS) is 10.4. The van der Waals surface area contributed by atoms with Crippen molar-refractivity contribution in [2.75, 3.05) is 14.2 Å². The van der Waals surface area contributed by atoms with Gasteiger partial charge in [0, 0.05) is 17.5 Å². The molecule has 1 aromatic rings. The molecule has 1 aromatic carbocycles. The number of carbonyl (C=O) groups is 1. The van der Waals surface area contributed by atoms with Crippen LogP contribution >= 0.6 is 0 Å². The van der Waals surface area contributed by atoms with E-state index >= 15 is 0 Å². The molecule has 0 bridgehead atoms. The number of Topliss-reactive ketones (excluding diaryl/α,β-unsaturated/α-hetero) is 1. The smallest absolute Gasteiger partial charge is 0.166 e. The lowest BCUT2D eigenvalue weighted by molar-refractivity contribution is 0.0912. The molecule has 3 nitrogen and oxygen atoms in total. The summed E-state index contributed by atoms with van der Waals surface area (Å²) in [6, 6.07) is 5.30. The lowest BCUT2D eigenvalue weighted by Crippen LogP contribution is -2.13. The van der Waals surface area contributed by atoms with E-state index in [0.29, 0.717) is 17.1 Å². The highest BCUT2D eigenvalue weighted by molar-refractivity contribution is 5.98. The van der Waals surface area contributed by atoms with Crippen molar-refractivity contribution in [1.29, 1.82) is 0 Å². The minimum absolute atomic E-state index is 0.0758. The third-order valence-corrected chi connectivity index (χ3v) is 2.99. The van der Waals surface area contributed by atoms with Crippen LogP contribution in [0.5, 0.6) is 11.5 Å². The number of hydrogen-bond donors (Lipinski definition) is 0. The van der Waals surface area contributed by atoms with E-state index in [1.807, 2.05) is 13.8 Å². The van der Waals surface area contributed by atoms with Crippen LogP contribution in [0.2, 0.25) is 0 Å². The van der Waals surface area contributed by atoms with Gasteiger partial charge in [-0.3, -0.25) is 4.79 Å². The second kappa shape index (κ2) is 6.28. The Kier molecular flexibility index (Phi) is 5.01. The zero-order chi connectivity index (χ0) is 12.8. The first-order valence-electron chi connectivity index (χ1n) is 5.93. The summed E-state index contributed by atoms with van der Waals surface area (Å²) in [5.41, 5.74) is 0.662. The molecule has 0 amide bonds. The summed E-state index contributed by atoms with van der Waals surface area (Å²) in [7, 11) is 3.17. The van der Waals surface area contributed by atoms with Crippen molar-refractivity contribution in [3.05, 3.63) is 23.8 Å². The first-order chi connectivity index (χ1) is 8.15. The standard InChI is InChI=1S/C14H20O3/c1-5-10(6-2)14(15)11-7-12(16-3)9-13(8-11)17-4/h7-10H,5-6H2,1-4H3. The third kappa shape index (κ3) is 3.22. The molecule has 0 N–H and O–H groups in total. The van der Waals surface area contributed by atoms with Crippen molar-refractivity contribution in [3.63, 3.8) is 0 Å². The third-order valence-electron chi connectivity index (χ3n) is 2.99. The largest absolute Gasteiger partial charge is 0.497 e. The van der Waals surface area contributed by atoms with Gasteiger partial charge in [0.1, 0.15) is 11.5 Å². The average Bonchev–Trinajstić information content (AvgIpc) is 2.39. The number of ether oxygens (including phenoxy) is 2. The Labute approximate surface area is 103 Å². The topological polar surface area (TPSA) is 35.5 Å². The van der Waals surface area contributed by atoms with Crippen LogP contribution in [0.4, 0.5) is 0 Å². The van der Waals surface area contributed by atoms with Gasteiger partial charge in [0.25, 0.3) is 0 Å². The molecule has 94 valence electrons. The molecule has 0 atom stereocenters. The Morgan fingerprint density at radius 2 is 1.53 bits per heavy atom.